The topological polar surface area (TPSA) is 110 Å². The van der Waals surface area contributed by atoms with Crippen LogP contribution in [0.4, 0.5) is 11.5 Å². The zero-order valence-corrected chi connectivity index (χ0v) is 18.8. The predicted octanol–water partition coefficient (Wildman–Crippen LogP) is 3.09. The second-order valence-corrected chi connectivity index (χ2v) is 8.82. The normalized spacial score (nSPS) is 10.8. The minimum atomic E-state index is -0.296. The number of benzene rings is 1. The molecule has 1 aromatic carbocycles. The van der Waals surface area contributed by atoms with E-state index in [1.54, 1.807) is 49.8 Å². The van der Waals surface area contributed by atoms with Crippen molar-refractivity contribution in [1.82, 2.24) is 14.9 Å². The third-order valence-corrected chi connectivity index (χ3v) is 6.45. The molecular formula is C20H23N5O3S2. The number of nitrogens with two attached hydrogens (primary N) is 1. The summed E-state index contributed by atoms with van der Waals surface area (Å²) in [5, 5.41) is 4.07. The molecule has 0 atom stereocenters. The van der Waals surface area contributed by atoms with Crippen LogP contribution in [0, 0.1) is 13.8 Å². The molecule has 0 aliphatic rings. The minimum Gasteiger partial charge on any atom is -0.497 e. The summed E-state index contributed by atoms with van der Waals surface area (Å²) in [5.41, 5.74) is 7.77. The number of aryl methyl sites for hydroxylation is 2. The summed E-state index contributed by atoms with van der Waals surface area (Å²) < 4.78 is 5.13. The summed E-state index contributed by atoms with van der Waals surface area (Å²) in [5.74, 6) is 0.665. The fraction of sp³-hybridized carbons (Fsp3) is 0.300. The summed E-state index contributed by atoms with van der Waals surface area (Å²) in [6, 6.07) is 7.03. The highest BCUT2D eigenvalue weighted by molar-refractivity contribution is 7.99. The first-order valence-corrected chi connectivity index (χ1v) is 10.9. The molecule has 0 spiro atoms. The van der Waals surface area contributed by atoms with E-state index >= 15 is 0 Å². The van der Waals surface area contributed by atoms with Crippen LogP contribution in [-0.2, 0) is 9.59 Å². The van der Waals surface area contributed by atoms with Crippen molar-refractivity contribution in [2.24, 2.45) is 0 Å². The minimum absolute atomic E-state index is 0.0675. The molecule has 0 aliphatic heterocycles. The Morgan fingerprint density at radius 3 is 2.80 bits per heavy atom. The summed E-state index contributed by atoms with van der Waals surface area (Å²) in [6.45, 7) is 3.95. The van der Waals surface area contributed by atoms with Crippen LogP contribution in [0.3, 0.4) is 0 Å². The number of carbonyl (C=O) groups is 2. The number of hydrogen-bond acceptors (Lipinski definition) is 8. The van der Waals surface area contributed by atoms with Gasteiger partial charge in [-0.3, -0.25) is 9.59 Å². The second-order valence-electron chi connectivity index (χ2n) is 6.67. The molecule has 2 aromatic heterocycles. The van der Waals surface area contributed by atoms with Crippen molar-refractivity contribution in [2.45, 2.75) is 19.0 Å². The van der Waals surface area contributed by atoms with Gasteiger partial charge in [0.25, 0.3) is 0 Å². The SMILES string of the molecule is COc1cccc(NC(=O)CN(C)C(=O)CSc2nc(N)c3c(C)c(C)sc3n2)c1. The van der Waals surface area contributed by atoms with Crippen LogP contribution in [0.1, 0.15) is 10.4 Å². The summed E-state index contributed by atoms with van der Waals surface area (Å²) in [4.78, 5) is 36.8. The van der Waals surface area contributed by atoms with Gasteiger partial charge in [-0.2, -0.15) is 0 Å². The lowest BCUT2D eigenvalue weighted by Gasteiger charge is -2.16. The van der Waals surface area contributed by atoms with E-state index in [4.69, 9.17) is 10.5 Å². The number of nitrogens with zero attached hydrogens (tertiary/aromatic N) is 3. The Morgan fingerprint density at radius 1 is 1.30 bits per heavy atom. The number of aromatic nitrogens is 2. The van der Waals surface area contributed by atoms with Gasteiger partial charge in [-0.25, -0.2) is 9.97 Å². The lowest BCUT2D eigenvalue weighted by Crippen LogP contribution is -2.36. The zero-order chi connectivity index (χ0) is 21.8. The number of carbonyl (C=O) groups excluding carboxylic acids is 2. The number of anilines is 2. The number of thiophene rings is 1. The molecule has 3 aromatic rings. The highest BCUT2D eigenvalue weighted by Crippen LogP contribution is 2.33. The molecule has 2 heterocycles. The molecule has 0 saturated heterocycles. The maximum Gasteiger partial charge on any atom is 0.243 e. The van der Waals surface area contributed by atoms with Gasteiger partial charge in [0.15, 0.2) is 5.16 Å². The third kappa shape index (κ3) is 5.00. The summed E-state index contributed by atoms with van der Waals surface area (Å²) in [7, 11) is 3.14. The van der Waals surface area contributed by atoms with Crippen LogP contribution < -0.4 is 15.8 Å². The lowest BCUT2D eigenvalue weighted by atomic mass is 10.2. The summed E-state index contributed by atoms with van der Waals surface area (Å²) >= 11 is 2.76. The first kappa shape index (κ1) is 21.8. The van der Waals surface area contributed by atoms with Crippen LogP contribution in [0.25, 0.3) is 10.2 Å². The fourth-order valence-corrected chi connectivity index (χ4v) is 4.65. The van der Waals surface area contributed by atoms with Crippen molar-refractivity contribution < 1.29 is 14.3 Å². The van der Waals surface area contributed by atoms with Gasteiger partial charge in [-0.1, -0.05) is 17.8 Å². The van der Waals surface area contributed by atoms with Crippen molar-refractivity contribution in [2.75, 3.05) is 37.5 Å². The number of likely N-dealkylation sites (N-methyl/N-ethyl adjacent to an activating group) is 1. The molecule has 10 heteroatoms. The monoisotopic (exact) mass is 445 g/mol. The number of thioether (sulfide) groups is 1. The van der Waals surface area contributed by atoms with E-state index in [1.807, 2.05) is 13.8 Å². The van der Waals surface area contributed by atoms with E-state index in [0.29, 0.717) is 22.4 Å². The van der Waals surface area contributed by atoms with Crippen LogP contribution in [0.5, 0.6) is 5.75 Å². The van der Waals surface area contributed by atoms with Gasteiger partial charge in [-0.05, 0) is 31.5 Å². The van der Waals surface area contributed by atoms with E-state index in [1.165, 1.54) is 16.7 Å². The first-order chi connectivity index (χ1) is 14.3. The molecule has 158 valence electrons. The largest absolute Gasteiger partial charge is 0.497 e. The van der Waals surface area contributed by atoms with E-state index in [2.05, 4.69) is 15.3 Å². The van der Waals surface area contributed by atoms with Gasteiger partial charge in [0.05, 0.1) is 24.8 Å². The zero-order valence-electron chi connectivity index (χ0n) is 17.2. The number of methoxy groups -OCH3 is 1. The maximum absolute atomic E-state index is 12.4. The highest BCUT2D eigenvalue weighted by atomic mass is 32.2. The van der Waals surface area contributed by atoms with E-state index in [-0.39, 0.29) is 24.1 Å². The van der Waals surface area contributed by atoms with E-state index < -0.39 is 0 Å². The molecule has 0 saturated carbocycles. The van der Waals surface area contributed by atoms with Crippen LogP contribution in [0.2, 0.25) is 0 Å². The number of nitrogen functional groups attached to an aromatic ring is 1. The molecule has 8 nitrogen and oxygen atoms in total. The average molecular weight is 446 g/mol. The molecule has 0 aliphatic carbocycles. The number of fused-ring (bicyclic) bond motifs is 1. The quantitative estimate of drug-likeness (QED) is 0.425. The molecule has 3 N–H and O–H groups in total. The number of ether oxygens (including phenoxy) is 1. The Labute approximate surface area is 182 Å². The highest BCUT2D eigenvalue weighted by Gasteiger charge is 2.17. The van der Waals surface area contributed by atoms with Crippen LogP contribution in [-0.4, -0.2) is 53.1 Å². The molecule has 0 fully saturated rings. The Hall–Kier alpha value is -2.85. The van der Waals surface area contributed by atoms with Crippen molar-refractivity contribution >= 4 is 56.6 Å². The van der Waals surface area contributed by atoms with Gasteiger partial charge in [0.1, 0.15) is 16.4 Å². The Kier molecular flexibility index (Phi) is 6.78. The van der Waals surface area contributed by atoms with Crippen molar-refractivity contribution in [3.63, 3.8) is 0 Å². The van der Waals surface area contributed by atoms with Crippen molar-refractivity contribution in [3.8, 4) is 5.75 Å². The predicted molar refractivity (Wildman–Crippen MR) is 121 cm³/mol. The molecule has 0 unspecified atom stereocenters. The van der Waals surface area contributed by atoms with E-state index in [9.17, 15) is 9.59 Å². The Bertz CT molecular complexity index is 1100. The van der Waals surface area contributed by atoms with Gasteiger partial charge in [0.2, 0.25) is 11.8 Å². The third-order valence-electron chi connectivity index (χ3n) is 4.52. The second kappa shape index (κ2) is 9.31. The number of rotatable bonds is 7. The van der Waals surface area contributed by atoms with Gasteiger partial charge >= 0.3 is 0 Å². The van der Waals surface area contributed by atoms with Gasteiger partial charge in [-0.15, -0.1) is 11.3 Å². The Balaban J connectivity index is 1.56. The molecule has 3 rings (SSSR count). The first-order valence-electron chi connectivity index (χ1n) is 9.12. The smallest absolute Gasteiger partial charge is 0.243 e. The van der Waals surface area contributed by atoms with Crippen LogP contribution >= 0.6 is 23.1 Å². The molecular weight excluding hydrogens is 422 g/mol. The maximum atomic E-state index is 12.4. The molecule has 30 heavy (non-hydrogen) atoms. The van der Waals surface area contributed by atoms with Crippen molar-refractivity contribution in [3.05, 3.63) is 34.7 Å². The average Bonchev–Trinajstić information content (AvgIpc) is 3.00. The summed E-state index contributed by atoms with van der Waals surface area (Å²) in [6.07, 6.45) is 0. The van der Waals surface area contributed by atoms with Crippen molar-refractivity contribution in [1.29, 1.82) is 0 Å². The standard InChI is InChI=1S/C20H23N5O3S2/c1-11-12(2)30-19-17(11)18(21)23-20(24-19)29-10-16(27)25(3)9-15(26)22-13-6-5-7-14(8-13)28-4/h5-8H,9-10H2,1-4H3,(H,22,26)(H2,21,23,24). The molecule has 2 amide bonds. The Morgan fingerprint density at radius 2 is 2.07 bits per heavy atom. The molecule has 0 bridgehead atoms. The van der Waals surface area contributed by atoms with Gasteiger partial charge < -0.3 is 20.7 Å². The molecule has 0 radical (unpaired) electrons. The van der Waals surface area contributed by atoms with Crippen LogP contribution in [0.15, 0.2) is 29.4 Å². The number of nitrogens with one attached hydrogen (secondary N) is 1. The number of hydrogen-bond donors (Lipinski definition) is 2. The number of amides is 2. The fourth-order valence-electron chi connectivity index (χ4n) is 2.77. The van der Waals surface area contributed by atoms with E-state index in [0.717, 1.165) is 20.7 Å². The lowest BCUT2D eigenvalue weighted by molar-refractivity contribution is -0.131. The van der Waals surface area contributed by atoms with Gasteiger partial charge in [0, 0.05) is 23.7 Å².